The van der Waals surface area contributed by atoms with E-state index in [1.807, 2.05) is 18.2 Å². The van der Waals surface area contributed by atoms with Crippen LogP contribution in [0.4, 0.5) is 4.39 Å². The Morgan fingerprint density at radius 1 is 1.20 bits per heavy atom. The third kappa shape index (κ3) is 2.66. The number of benzene rings is 1. The quantitative estimate of drug-likeness (QED) is 0.931. The first-order valence-corrected chi connectivity index (χ1v) is 7.49. The topological polar surface area (TPSA) is 28.4 Å². The van der Waals surface area contributed by atoms with Gasteiger partial charge in [-0.15, -0.1) is 0 Å². The van der Waals surface area contributed by atoms with Gasteiger partial charge in [0, 0.05) is 36.2 Å². The standard InChI is InChI=1S/C15H16BrFN2O/c16-11-3-1-4-12(17)14(11)15(13-5-2-10-20-13)19-8-6-18-7-9-19/h1-5,10,15,18H,6-9H2/t15-/m1/s1. The number of hydrogen-bond acceptors (Lipinski definition) is 3. The van der Waals surface area contributed by atoms with Crippen molar-refractivity contribution < 1.29 is 8.81 Å². The average Bonchev–Trinajstić information content (AvgIpc) is 2.98. The zero-order valence-electron chi connectivity index (χ0n) is 11.0. The molecular formula is C15H16BrFN2O. The van der Waals surface area contributed by atoms with E-state index in [1.165, 1.54) is 6.07 Å². The van der Waals surface area contributed by atoms with Crippen LogP contribution in [0.2, 0.25) is 0 Å². The molecule has 1 atom stereocenters. The van der Waals surface area contributed by atoms with Crippen LogP contribution in [0.15, 0.2) is 45.5 Å². The third-order valence-electron chi connectivity index (χ3n) is 3.60. The van der Waals surface area contributed by atoms with Crippen molar-refractivity contribution in [2.24, 2.45) is 0 Å². The van der Waals surface area contributed by atoms with Gasteiger partial charge in [-0.05, 0) is 24.3 Å². The highest BCUT2D eigenvalue weighted by Gasteiger charge is 2.29. The Balaban J connectivity index is 2.05. The van der Waals surface area contributed by atoms with Gasteiger partial charge in [0.15, 0.2) is 0 Å². The summed E-state index contributed by atoms with van der Waals surface area (Å²) in [4.78, 5) is 2.25. The van der Waals surface area contributed by atoms with Crippen molar-refractivity contribution >= 4 is 15.9 Å². The van der Waals surface area contributed by atoms with Crippen molar-refractivity contribution in [2.45, 2.75) is 6.04 Å². The average molecular weight is 339 g/mol. The van der Waals surface area contributed by atoms with Crippen molar-refractivity contribution in [3.8, 4) is 0 Å². The molecule has 1 aliphatic heterocycles. The van der Waals surface area contributed by atoms with E-state index in [0.717, 1.165) is 36.4 Å². The monoisotopic (exact) mass is 338 g/mol. The fourth-order valence-corrected chi connectivity index (χ4v) is 3.22. The first kappa shape index (κ1) is 13.8. The summed E-state index contributed by atoms with van der Waals surface area (Å²) in [5.41, 5.74) is 0.643. The highest BCUT2D eigenvalue weighted by molar-refractivity contribution is 9.10. The summed E-state index contributed by atoms with van der Waals surface area (Å²) in [5, 5.41) is 3.32. The van der Waals surface area contributed by atoms with Gasteiger partial charge in [0.25, 0.3) is 0 Å². The molecule has 1 aromatic heterocycles. The van der Waals surface area contributed by atoms with Crippen LogP contribution < -0.4 is 5.32 Å². The first-order chi connectivity index (χ1) is 9.77. The molecule has 2 heterocycles. The van der Waals surface area contributed by atoms with E-state index in [2.05, 4.69) is 26.1 Å². The summed E-state index contributed by atoms with van der Waals surface area (Å²) < 4.78 is 20.7. The molecular weight excluding hydrogens is 323 g/mol. The second-order valence-electron chi connectivity index (χ2n) is 4.84. The summed E-state index contributed by atoms with van der Waals surface area (Å²) in [6.07, 6.45) is 1.64. The minimum atomic E-state index is -0.209. The van der Waals surface area contributed by atoms with Gasteiger partial charge in [0.05, 0.1) is 12.3 Å². The van der Waals surface area contributed by atoms with E-state index in [0.29, 0.717) is 5.56 Å². The fraction of sp³-hybridized carbons (Fsp3) is 0.333. The largest absolute Gasteiger partial charge is 0.467 e. The highest BCUT2D eigenvalue weighted by Crippen LogP contribution is 2.35. The van der Waals surface area contributed by atoms with E-state index in [1.54, 1.807) is 12.3 Å². The molecule has 3 rings (SSSR count). The predicted molar refractivity (Wildman–Crippen MR) is 79.1 cm³/mol. The third-order valence-corrected chi connectivity index (χ3v) is 4.29. The molecule has 0 amide bonds. The van der Waals surface area contributed by atoms with Crippen molar-refractivity contribution in [3.63, 3.8) is 0 Å². The summed E-state index contributed by atoms with van der Waals surface area (Å²) >= 11 is 3.48. The Morgan fingerprint density at radius 3 is 2.65 bits per heavy atom. The Hall–Kier alpha value is -1.17. The molecule has 5 heteroatoms. The minimum absolute atomic E-state index is 0.192. The molecule has 2 aromatic rings. The molecule has 1 N–H and O–H groups in total. The zero-order valence-corrected chi connectivity index (χ0v) is 12.6. The van der Waals surface area contributed by atoms with Crippen molar-refractivity contribution in [3.05, 3.63) is 58.2 Å². The van der Waals surface area contributed by atoms with Gasteiger partial charge in [-0.3, -0.25) is 4.90 Å². The number of nitrogens with zero attached hydrogens (tertiary/aromatic N) is 1. The first-order valence-electron chi connectivity index (χ1n) is 6.69. The number of rotatable bonds is 3. The molecule has 106 valence electrons. The molecule has 0 saturated carbocycles. The second kappa shape index (κ2) is 6.08. The summed E-state index contributed by atoms with van der Waals surface area (Å²) in [6, 6.07) is 8.64. The SMILES string of the molecule is Fc1cccc(Br)c1[C@@H](c1ccco1)N1CCNCC1. The van der Waals surface area contributed by atoms with Gasteiger partial charge in [0.2, 0.25) is 0 Å². The summed E-state index contributed by atoms with van der Waals surface area (Å²) in [7, 11) is 0. The molecule has 0 spiro atoms. The summed E-state index contributed by atoms with van der Waals surface area (Å²) in [6.45, 7) is 3.55. The molecule has 1 aliphatic rings. The highest BCUT2D eigenvalue weighted by atomic mass is 79.9. The van der Waals surface area contributed by atoms with Gasteiger partial charge in [0.1, 0.15) is 11.6 Å². The smallest absolute Gasteiger partial charge is 0.129 e. The molecule has 0 bridgehead atoms. The van der Waals surface area contributed by atoms with E-state index < -0.39 is 0 Å². The lowest BCUT2D eigenvalue weighted by atomic mass is 10.0. The van der Waals surface area contributed by atoms with E-state index in [-0.39, 0.29) is 11.9 Å². The molecule has 0 aliphatic carbocycles. The number of hydrogen-bond donors (Lipinski definition) is 1. The van der Waals surface area contributed by atoms with Gasteiger partial charge in [-0.2, -0.15) is 0 Å². The van der Waals surface area contributed by atoms with Crippen LogP contribution in [0, 0.1) is 5.82 Å². The van der Waals surface area contributed by atoms with Crippen LogP contribution in [0.25, 0.3) is 0 Å². The van der Waals surface area contributed by atoms with Crippen LogP contribution >= 0.6 is 15.9 Å². The molecule has 0 unspecified atom stereocenters. The van der Waals surface area contributed by atoms with Crippen LogP contribution in [-0.4, -0.2) is 31.1 Å². The van der Waals surface area contributed by atoms with Gasteiger partial charge >= 0.3 is 0 Å². The maximum absolute atomic E-state index is 14.3. The molecule has 1 fully saturated rings. The Morgan fingerprint density at radius 2 is 2.00 bits per heavy atom. The second-order valence-corrected chi connectivity index (χ2v) is 5.69. The Kier molecular flexibility index (Phi) is 4.19. The number of piperazine rings is 1. The lowest BCUT2D eigenvalue weighted by molar-refractivity contribution is 0.176. The zero-order chi connectivity index (χ0) is 13.9. The fourth-order valence-electron chi connectivity index (χ4n) is 2.66. The van der Waals surface area contributed by atoms with Crippen LogP contribution in [0.3, 0.4) is 0 Å². The maximum Gasteiger partial charge on any atom is 0.129 e. The van der Waals surface area contributed by atoms with Crippen LogP contribution in [0.1, 0.15) is 17.4 Å². The van der Waals surface area contributed by atoms with Crippen LogP contribution in [-0.2, 0) is 0 Å². The lowest BCUT2D eigenvalue weighted by Gasteiger charge is -2.34. The lowest BCUT2D eigenvalue weighted by Crippen LogP contribution is -2.45. The van der Waals surface area contributed by atoms with Crippen molar-refractivity contribution in [2.75, 3.05) is 26.2 Å². The van der Waals surface area contributed by atoms with Gasteiger partial charge < -0.3 is 9.73 Å². The number of nitrogens with one attached hydrogen (secondary N) is 1. The minimum Gasteiger partial charge on any atom is -0.467 e. The summed E-state index contributed by atoms with van der Waals surface area (Å²) in [5.74, 6) is 0.567. The molecule has 3 nitrogen and oxygen atoms in total. The van der Waals surface area contributed by atoms with E-state index >= 15 is 0 Å². The Bertz CT molecular complexity index is 547. The molecule has 20 heavy (non-hydrogen) atoms. The van der Waals surface area contributed by atoms with E-state index in [9.17, 15) is 4.39 Å². The molecule has 0 radical (unpaired) electrons. The van der Waals surface area contributed by atoms with E-state index in [4.69, 9.17) is 4.42 Å². The molecule has 1 saturated heterocycles. The Labute approximate surface area is 125 Å². The molecule has 1 aromatic carbocycles. The van der Waals surface area contributed by atoms with Crippen molar-refractivity contribution in [1.29, 1.82) is 0 Å². The number of furan rings is 1. The van der Waals surface area contributed by atoms with Gasteiger partial charge in [-0.25, -0.2) is 4.39 Å². The van der Waals surface area contributed by atoms with Gasteiger partial charge in [-0.1, -0.05) is 22.0 Å². The normalized spacial score (nSPS) is 18.1. The predicted octanol–water partition coefficient (Wildman–Crippen LogP) is 3.18. The van der Waals surface area contributed by atoms with Crippen LogP contribution in [0.5, 0.6) is 0 Å². The van der Waals surface area contributed by atoms with Crippen molar-refractivity contribution in [1.82, 2.24) is 10.2 Å². The maximum atomic E-state index is 14.3. The number of halogens is 2.